The summed E-state index contributed by atoms with van der Waals surface area (Å²) in [5.74, 6) is -0.408. The van der Waals surface area contributed by atoms with Crippen molar-refractivity contribution < 1.29 is 14.7 Å². The summed E-state index contributed by atoms with van der Waals surface area (Å²) in [5, 5.41) is 22.5. The normalized spacial score (nSPS) is 13.5. The van der Waals surface area contributed by atoms with Gasteiger partial charge >= 0.3 is 5.97 Å². The maximum Gasteiger partial charge on any atom is 0.326 e. The molecule has 2 aromatic heterocycles. The minimum atomic E-state index is -1.02. The van der Waals surface area contributed by atoms with Gasteiger partial charge < -0.3 is 15.7 Å². The molecule has 1 aliphatic heterocycles. The molecule has 1 aromatic carbocycles. The Hall–Kier alpha value is -3.68. The van der Waals surface area contributed by atoms with Crippen molar-refractivity contribution in [2.45, 2.75) is 63.8 Å². The van der Waals surface area contributed by atoms with Crippen LogP contribution in [-0.2, 0) is 17.6 Å². The summed E-state index contributed by atoms with van der Waals surface area (Å²) in [7, 11) is 0. The van der Waals surface area contributed by atoms with E-state index in [2.05, 4.69) is 33.0 Å². The fraction of sp³-hybridized carbons (Fsp3) is 0.407. The van der Waals surface area contributed by atoms with E-state index in [-0.39, 0.29) is 0 Å². The van der Waals surface area contributed by atoms with E-state index < -0.39 is 17.9 Å². The van der Waals surface area contributed by atoms with Crippen molar-refractivity contribution in [1.29, 1.82) is 0 Å². The quantitative estimate of drug-likeness (QED) is 0.284. The Labute approximate surface area is 205 Å². The number of carboxylic acid groups (broad SMARTS) is 1. The summed E-state index contributed by atoms with van der Waals surface area (Å²) in [6.07, 6.45) is 9.90. The zero-order chi connectivity index (χ0) is 24.5. The first-order chi connectivity index (χ1) is 17.1. The lowest BCUT2D eigenvalue weighted by molar-refractivity contribution is -0.139. The van der Waals surface area contributed by atoms with Gasteiger partial charge in [0.15, 0.2) is 0 Å². The highest BCUT2D eigenvalue weighted by Gasteiger charge is 2.23. The van der Waals surface area contributed by atoms with Crippen LogP contribution in [0.1, 0.15) is 66.6 Å². The van der Waals surface area contributed by atoms with Crippen molar-refractivity contribution in [1.82, 2.24) is 20.5 Å². The first-order valence-corrected chi connectivity index (χ1v) is 12.5. The van der Waals surface area contributed by atoms with Gasteiger partial charge in [-0.05, 0) is 43.7 Å². The molecule has 0 saturated heterocycles. The lowest BCUT2D eigenvalue weighted by Gasteiger charge is -2.17. The lowest BCUT2D eigenvalue weighted by atomic mass is 10.0. The van der Waals surface area contributed by atoms with Gasteiger partial charge in [-0.15, -0.1) is 0 Å². The van der Waals surface area contributed by atoms with Crippen LogP contribution in [0.4, 0.5) is 5.82 Å². The molecule has 4 rings (SSSR count). The smallest absolute Gasteiger partial charge is 0.326 e. The van der Waals surface area contributed by atoms with Crippen molar-refractivity contribution in [2.24, 2.45) is 0 Å². The SMILES string of the molecule is O=C(N[C@@H](CCCCCCCc1ccc2c(n1)NCCC2)C(=O)O)c1cn[nH]c1-c1ccccc1. The number of aromatic nitrogens is 3. The Kier molecular flexibility index (Phi) is 8.48. The van der Waals surface area contributed by atoms with Crippen molar-refractivity contribution in [3.63, 3.8) is 0 Å². The molecule has 1 atom stereocenters. The molecular weight excluding hydrogens is 442 g/mol. The second-order valence-electron chi connectivity index (χ2n) is 9.04. The molecule has 8 heteroatoms. The maximum atomic E-state index is 12.8. The highest BCUT2D eigenvalue weighted by atomic mass is 16.4. The molecule has 3 aromatic rings. The Balaban J connectivity index is 1.18. The van der Waals surface area contributed by atoms with E-state index in [1.807, 2.05) is 30.3 Å². The van der Waals surface area contributed by atoms with Crippen LogP contribution in [0.15, 0.2) is 48.7 Å². The average Bonchev–Trinajstić information content (AvgIpc) is 3.38. The number of nitrogens with zero attached hydrogens (tertiary/aromatic N) is 2. The molecule has 1 amide bonds. The standard InChI is InChI=1S/C27H33N5O3/c33-26(22-18-29-32-24(22)19-10-5-4-6-11-19)31-23(27(34)35)14-8-3-1-2-7-13-21-16-15-20-12-9-17-28-25(20)30-21/h4-6,10-11,15-16,18,23H,1-3,7-9,12-14,17H2,(H,28,30)(H,29,32)(H,31,33)(H,34,35)/t23-/m0/s1. The number of aromatic amines is 1. The summed E-state index contributed by atoms with van der Waals surface area (Å²) in [5.41, 5.74) is 4.18. The third kappa shape index (κ3) is 6.68. The van der Waals surface area contributed by atoms with E-state index in [0.717, 1.165) is 68.6 Å². The molecule has 35 heavy (non-hydrogen) atoms. The molecule has 0 spiro atoms. The van der Waals surface area contributed by atoms with Crippen LogP contribution in [0.25, 0.3) is 11.3 Å². The molecular formula is C27H33N5O3. The second kappa shape index (κ2) is 12.1. The zero-order valence-electron chi connectivity index (χ0n) is 19.9. The van der Waals surface area contributed by atoms with Gasteiger partial charge in [0.25, 0.3) is 5.91 Å². The minimum Gasteiger partial charge on any atom is -0.480 e. The summed E-state index contributed by atoms with van der Waals surface area (Å²) >= 11 is 0. The number of carbonyl (C=O) groups is 2. The van der Waals surface area contributed by atoms with Crippen molar-refractivity contribution in [3.05, 3.63) is 65.5 Å². The monoisotopic (exact) mass is 475 g/mol. The van der Waals surface area contributed by atoms with Crippen LogP contribution in [0.2, 0.25) is 0 Å². The van der Waals surface area contributed by atoms with Gasteiger partial charge in [-0.25, -0.2) is 9.78 Å². The topological polar surface area (TPSA) is 120 Å². The second-order valence-corrected chi connectivity index (χ2v) is 9.04. The number of anilines is 1. The number of unbranched alkanes of at least 4 members (excludes halogenated alkanes) is 4. The number of aryl methyl sites for hydroxylation is 2. The molecule has 0 bridgehead atoms. The van der Waals surface area contributed by atoms with Crippen LogP contribution >= 0.6 is 0 Å². The van der Waals surface area contributed by atoms with E-state index in [9.17, 15) is 14.7 Å². The predicted molar refractivity (Wildman–Crippen MR) is 135 cm³/mol. The molecule has 0 unspecified atom stereocenters. The van der Waals surface area contributed by atoms with Gasteiger partial charge in [-0.3, -0.25) is 9.89 Å². The van der Waals surface area contributed by atoms with E-state index in [1.54, 1.807) is 0 Å². The number of hydrogen-bond donors (Lipinski definition) is 4. The third-order valence-corrected chi connectivity index (χ3v) is 6.43. The minimum absolute atomic E-state index is 0.341. The summed E-state index contributed by atoms with van der Waals surface area (Å²) in [6.45, 7) is 0.998. The maximum absolute atomic E-state index is 12.8. The average molecular weight is 476 g/mol. The van der Waals surface area contributed by atoms with Gasteiger partial charge in [-0.1, -0.05) is 62.1 Å². The Bertz CT molecular complexity index is 1130. The largest absolute Gasteiger partial charge is 0.480 e. The molecule has 0 fully saturated rings. The van der Waals surface area contributed by atoms with Gasteiger partial charge in [-0.2, -0.15) is 5.10 Å². The number of nitrogens with one attached hydrogen (secondary N) is 3. The molecule has 3 heterocycles. The van der Waals surface area contributed by atoms with Gasteiger partial charge in [0.1, 0.15) is 11.9 Å². The summed E-state index contributed by atoms with van der Waals surface area (Å²) in [6, 6.07) is 12.8. The number of fused-ring (bicyclic) bond motifs is 1. The fourth-order valence-electron chi connectivity index (χ4n) is 4.47. The summed E-state index contributed by atoms with van der Waals surface area (Å²) < 4.78 is 0. The van der Waals surface area contributed by atoms with E-state index in [0.29, 0.717) is 17.7 Å². The van der Waals surface area contributed by atoms with Gasteiger partial charge in [0, 0.05) is 17.8 Å². The van der Waals surface area contributed by atoms with E-state index >= 15 is 0 Å². The first kappa shape index (κ1) is 24.4. The van der Waals surface area contributed by atoms with E-state index in [4.69, 9.17) is 4.98 Å². The number of rotatable bonds is 12. The fourth-order valence-corrected chi connectivity index (χ4v) is 4.47. The van der Waals surface area contributed by atoms with Crippen LogP contribution in [0, 0.1) is 0 Å². The van der Waals surface area contributed by atoms with Crippen LogP contribution < -0.4 is 10.6 Å². The van der Waals surface area contributed by atoms with Crippen LogP contribution in [-0.4, -0.2) is 44.8 Å². The number of H-pyrrole nitrogens is 1. The van der Waals surface area contributed by atoms with Crippen LogP contribution in [0.3, 0.4) is 0 Å². The van der Waals surface area contributed by atoms with Gasteiger partial charge in [0.05, 0.1) is 17.5 Å². The number of benzene rings is 1. The van der Waals surface area contributed by atoms with Crippen molar-refractivity contribution >= 4 is 17.7 Å². The molecule has 0 aliphatic carbocycles. The van der Waals surface area contributed by atoms with Gasteiger partial charge in [0.2, 0.25) is 0 Å². The van der Waals surface area contributed by atoms with E-state index in [1.165, 1.54) is 18.2 Å². The molecule has 4 N–H and O–H groups in total. The zero-order valence-corrected chi connectivity index (χ0v) is 19.9. The number of pyridine rings is 1. The molecule has 1 aliphatic rings. The number of amides is 1. The molecule has 8 nitrogen and oxygen atoms in total. The van der Waals surface area contributed by atoms with Crippen LogP contribution in [0.5, 0.6) is 0 Å². The third-order valence-electron chi connectivity index (χ3n) is 6.43. The Morgan fingerprint density at radius 2 is 1.83 bits per heavy atom. The highest BCUT2D eigenvalue weighted by molar-refractivity contribution is 6.01. The number of hydrogen-bond acceptors (Lipinski definition) is 5. The van der Waals surface area contributed by atoms with Crippen molar-refractivity contribution in [2.75, 3.05) is 11.9 Å². The molecule has 0 radical (unpaired) electrons. The molecule has 0 saturated carbocycles. The lowest BCUT2D eigenvalue weighted by Crippen LogP contribution is -2.40. The number of carboxylic acids is 1. The number of carbonyl (C=O) groups excluding carboxylic acids is 1. The Morgan fingerprint density at radius 3 is 2.66 bits per heavy atom. The first-order valence-electron chi connectivity index (χ1n) is 12.5. The molecule has 184 valence electrons. The predicted octanol–water partition coefficient (Wildman–Crippen LogP) is 4.60. The Morgan fingerprint density at radius 1 is 1.03 bits per heavy atom. The summed E-state index contributed by atoms with van der Waals surface area (Å²) in [4.78, 5) is 29.2. The number of aliphatic carboxylic acids is 1. The highest BCUT2D eigenvalue weighted by Crippen LogP contribution is 2.22. The van der Waals surface area contributed by atoms with Crippen molar-refractivity contribution in [3.8, 4) is 11.3 Å².